The highest BCUT2D eigenvalue weighted by Crippen LogP contribution is 2.36. The molecule has 0 aliphatic carbocycles. The maximum atomic E-state index is 10.5. The van der Waals surface area contributed by atoms with Crippen molar-refractivity contribution in [1.82, 2.24) is 5.32 Å². The number of hydrogen-bond acceptors (Lipinski definition) is 7. The van der Waals surface area contributed by atoms with E-state index in [9.17, 15) is 20.4 Å². The van der Waals surface area contributed by atoms with Gasteiger partial charge >= 0.3 is 0 Å². The van der Waals surface area contributed by atoms with Crippen LogP contribution in [0.1, 0.15) is 22.3 Å². The first-order valence-electron chi connectivity index (χ1n) is 10.1. The van der Waals surface area contributed by atoms with Gasteiger partial charge in [0.25, 0.3) is 0 Å². The van der Waals surface area contributed by atoms with Crippen molar-refractivity contribution in [3.8, 4) is 28.7 Å². The molecule has 0 amide bonds. The van der Waals surface area contributed by atoms with E-state index in [0.717, 1.165) is 16.9 Å². The van der Waals surface area contributed by atoms with Gasteiger partial charge in [-0.2, -0.15) is 11.8 Å². The smallest absolute Gasteiger partial charge is 0.200 e. The van der Waals surface area contributed by atoms with Crippen LogP contribution in [-0.2, 0) is 18.1 Å². The lowest BCUT2D eigenvalue weighted by Crippen LogP contribution is -2.18. The zero-order chi connectivity index (χ0) is 23.8. The molecule has 172 valence electrons. The molecule has 0 aliphatic heterocycles. The second kappa shape index (κ2) is 11.5. The number of phenols is 4. The van der Waals surface area contributed by atoms with E-state index in [0.29, 0.717) is 22.1 Å². The van der Waals surface area contributed by atoms with Crippen molar-refractivity contribution in [2.45, 2.75) is 18.1 Å². The van der Waals surface area contributed by atoms with E-state index in [4.69, 9.17) is 17.0 Å². The molecule has 0 atom stereocenters. The number of thioether (sulfide) groups is 1. The minimum absolute atomic E-state index is 0.128. The number of aromatic hydroxyl groups is 4. The Morgan fingerprint density at radius 1 is 0.939 bits per heavy atom. The number of ether oxygens (including phenoxy) is 1. The molecule has 0 aromatic heterocycles. The summed E-state index contributed by atoms with van der Waals surface area (Å²) in [6.45, 7) is 0.255. The summed E-state index contributed by atoms with van der Waals surface area (Å²) in [5.74, 6) is 0.614. The molecule has 0 bridgehead atoms. The van der Waals surface area contributed by atoms with Crippen molar-refractivity contribution in [2.24, 2.45) is 0 Å². The van der Waals surface area contributed by atoms with Gasteiger partial charge in [-0.05, 0) is 47.0 Å². The molecule has 0 aliphatic rings. The van der Waals surface area contributed by atoms with Gasteiger partial charge in [-0.15, -0.1) is 0 Å². The predicted octanol–water partition coefficient (Wildman–Crippen LogP) is 5.08. The quantitative estimate of drug-likeness (QED) is 0.163. The number of nitrogens with one attached hydrogen (secondary N) is 1. The number of rotatable bonds is 9. The molecular weight excluding hydrogens is 458 g/mol. The highest BCUT2D eigenvalue weighted by atomic mass is 32.2. The maximum Gasteiger partial charge on any atom is 0.200 e. The zero-order valence-corrected chi connectivity index (χ0v) is 19.6. The second-order valence-electron chi connectivity index (χ2n) is 7.24. The van der Waals surface area contributed by atoms with Crippen LogP contribution < -0.4 is 10.1 Å². The molecule has 0 radical (unpaired) electrons. The van der Waals surface area contributed by atoms with Crippen LogP contribution in [0.3, 0.4) is 0 Å². The summed E-state index contributed by atoms with van der Waals surface area (Å²) in [6.07, 6.45) is 3.52. The Balaban J connectivity index is 1.64. The van der Waals surface area contributed by atoms with E-state index in [2.05, 4.69) is 17.4 Å². The van der Waals surface area contributed by atoms with Crippen LogP contribution in [0.25, 0.3) is 6.08 Å². The van der Waals surface area contributed by atoms with E-state index in [1.54, 1.807) is 23.9 Å². The normalized spacial score (nSPS) is 10.9. The Morgan fingerprint density at radius 2 is 1.64 bits per heavy atom. The fourth-order valence-electron chi connectivity index (χ4n) is 3.09. The minimum atomic E-state index is -0.555. The average Bonchev–Trinajstić information content (AvgIpc) is 2.81. The van der Waals surface area contributed by atoms with Gasteiger partial charge in [0.05, 0.1) is 12.1 Å². The molecule has 3 aromatic rings. The number of methoxy groups -OCH3 is 1. The summed E-state index contributed by atoms with van der Waals surface area (Å²) < 4.78 is 5.33. The Bertz CT molecular complexity index is 1130. The highest BCUT2D eigenvalue weighted by Gasteiger charge is 2.11. The van der Waals surface area contributed by atoms with Crippen LogP contribution in [0, 0.1) is 0 Å². The predicted molar refractivity (Wildman–Crippen MR) is 136 cm³/mol. The Morgan fingerprint density at radius 3 is 2.30 bits per heavy atom. The first kappa shape index (κ1) is 24.3. The van der Waals surface area contributed by atoms with Gasteiger partial charge in [0.1, 0.15) is 0 Å². The second-order valence-corrected chi connectivity index (χ2v) is 8.67. The molecule has 0 saturated carbocycles. The van der Waals surface area contributed by atoms with Crippen LogP contribution >= 0.6 is 24.0 Å². The number of thiocarbonyl (C=S) groups is 1. The van der Waals surface area contributed by atoms with Gasteiger partial charge in [0.15, 0.2) is 28.7 Å². The zero-order valence-electron chi connectivity index (χ0n) is 18.0. The van der Waals surface area contributed by atoms with Crippen LogP contribution in [0.4, 0.5) is 0 Å². The highest BCUT2D eigenvalue weighted by molar-refractivity contribution is 7.97. The maximum absolute atomic E-state index is 10.5. The molecule has 3 aromatic carbocycles. The molecule has 0 spiro atoms. The van der Waals surface area contributed by atoms with E-state index in [-0.39, 0.29) is 12.3 Å². The Labute approximate surface area is 202 Å². The Hall–Kier alpha value is -3.36. The third kappa shape index (κ3) is 6.81. The number of phenolic OH excluding ortho intramolecular Hbond substituents is 4. The monoisotopic (exact) mass is 483 g/mol. The van der Waals surface area contributed by atoms with Crippen molar-refractivity contribution in [3.63, 3.8) is 0 Å². The van der Waals surface area contributed by atoms with Gasteiger partial charge in [-0.3, -0.25) is 0 Å². The lowest BCUT2D eigenvalue weighted by molar-refractivity contribution is 0.367. The number of benzene rings is 3. The first-order chi connectivity index (χ1) is 15.9. The molecule has 0 fully saturated rings. The van der Waals surface area contributed by atoms with Crippen molar-refractivity contribution in [1.29, 1.82) is 0 Å². The van der Waals surface area contributed by atoms with Crippen LogP contribution in [0.2, 0.25) is 0 Å². The van der Waals surface area contributed by atoms with Crippen molar-refractivity contribution in [2.75, 3.05) is 7.11 Å². The third-order valence-corrected chi connectivity index (χ3v) is 6.12. The Kier molecular flexibility index (Phi) is 8.46. The summed E-state index contributed by atoms with van der Waals surface area (Å²) in [4.78, 5) is 0.439. The van der Waals surface area contributed by atoms with E-state index in [1.807, 2.05) is 30.3 Å². The van der Waals surface area contributed by atoms with Crippen LogP contribution in [0.15, 0.2) is 60.7 Å². The van der Waals surface area contributed by atoms with Crippen molar-refractivity contribution >= 4 is 35.0 Å². The summed E-state index contributed by atoms with van der Waals surface area (Å²) in [5.41, 5.74) is 3.37. The molecular formula is C25H25NO5S2. The first-order valence-corrected chi connectivity index (χ1v) is 11.6. The SMILES string of the molecule is COc1cc(/C=C/C(=S)NCc2cc(O)c(O)c(O)c2)cc(CSCc2ccccc2)c1O. The van der Waals surface area contributed by atoms with Gasteiger partial charge in [0.2, 0.25) is 0 Å². The lowest BCUT2D eigenvalue weighted by Gasteiger charge is -2.11. The van der Waals surface area contributed by atoms with Gasteiger partial charge < -0.3 is 30.5 Å². The molecule has 8 heteroatoms. The average molecular weight is 484 g/mol. The topological polar surface area (TPSA) is 102 Å². The van der Waals surface area contributed by atoms with Gasteiger partial charge in [-0.1, -0.05) is 48.6 Å². The van der Waals surface area contributed by atoms with Gasteiger partial charge in [-0.25, -0.2) is 0 Å². The van der Waals surface area contributed by atoms with Crippen molar-refractivity contribution < 1.29 is 25.2 Å². The van der Waals surface area contributed by atoms with Crippen LogP contribution in [-0.4, -0.2) is 32.5 Å². The molecule has 0 heterocycles. The molecule has 3 rings (SSSR count). The third-order valence-electron chi connectivity index (χ3n) is 4.79. The minimum Gasteiger partial charge on any atom is -0.504 e. The largest absolute Gasteiger partial charge is 0.504 e. The van der Waals surface area contributed by atoms with Gasteiger partial charge in [0, 0.05) is 23.6 Å². The fraction of sp³-hybridized carbons (Fsp3) is 0.160. The van der Waals surface area contributed by atoms with Crippen LogP contribution in [0.5, 0.6) is 28.7 Å². The molecule has 5 N–H and O–H groups in total. The van der Waals surface area contributed by atoms with Crippen molar-refractivity contribution in [3.05, 3.63) is 82.9 Å². The molecule has 33 heavy (non-hydrogen) atoms. The fourth-order valence-corrected chi connectivity index (χ4v) is 4.20. The summed E-state index contributed by atoms with van der Waals surface area (Å²) in [7, 11) is 1.51. The number of hydrogen-bond donors (Lipinski definition) is 5. The summed E-state index contributed by atoms with van der Waals surface area (Å²) in [5, 5.41) is 42.1. The summed E-state index contributed by atoms with van der Waals surface area (Å²) in [6, 6.07) is 16.5. The van der Waals surface area contributed by atoms with E-state index >= 15 is 0 Å². The molecule has 6 nitrogen and oxygen atoms in total. The summed E-state index contributed by atoms with van der Waals surface area (Å²) >= 11 is 7.03. The van der Waals surface area contributed by atoms with E-state index in [1.165, 1.54) is 24.8 Å². The van der Waals surface area contributed by atoms with E-state index < -0.39 is 17.2 Å². The standard InChI is InChI=1S/C25H25NO5S2/c1-31-22-12-17(9-19(24(22)29)15-33-14-16-5-3-2-4-6-16)7-8-23(32)26-13-18-10-20(27)25(30)21(28)11-18/h2-12,27-30H,13-15H2,1H3,(H,26,32)/b8-7+. The lowest BCUT2D eigenvalue weighted by atomic mass is 10.1. The molecule has 0 unspecified atom stereocenters. The molecule has 0 saturated heterocycles.